The molecule has 0 saturated heterocycles. The Balaban J connectivity index is 2.14. The molecule has 2 aromatic rings. The van der Waals surface area contributed by atoms with Crippen LogP contribution < -0.4 is 4.68 Å². The number of aryl methyl sites for hydroxylation is 2. The van der Waals surface area contributed by atoms with Gasteiger partial charge >= 0.3 is 5.97 Å². The predicted molar refractivity (Wildman–Crippen MR) is 62.4 cm³/mol. The van der Waals surface area contributed by atoms with Crippen molar-refractivity contribution in [3.05, 3.63) is 36.5 Å². The van der Waals surface area contributed by atoms with E-state index in [0.29, 0.717) is 12.4 Å². The van der Waals surface area contributed by atoms with E-state index in [1.165, 1.54) is 0 Å². The summed E-state index contributed by atoms with van der Waals surface area (Å²) >= 11 is 0. The molecular weight excluding hydrogens is 232 g/mol. The maximum Gasteiger partial charge on any atom is 0.309 e. The summed E-state index contributed by atoms with van der Waals surface area (Å²) in [4.78, 5) is 18.8. The zero-order valence-electron chi connectivity index (χ0n) is 9.95. The van der Waals surface area contributed by atoms with E-state index in [1.807, 2.05) is 19.1 Å². The second-order valence-electron chi connectivity index (χ2n) is 3.81. The third-order valence-corrected chi connectivity index (χ3v) is 2.40. The van der Waals surface area contributed by atoms with Gasteiger partial charge in [-0.15, -0.1) is 0 Å². The summed E-state index contributed by atoms with van der Waals surface area (Å²) in [5.74, 6) is -0.130. The third-order valence-electron chi connectivity index (χ3n) is 2.40. The van der Waals surface area contributed by atoms with Gasteiger partial charge in [-0.25, -0.2) is 9.97 Å². The molecule has 0 spiro atoms. The standard InChI is InChI=1S/C12H12N4O2/c1-9-13-5-2-11(15-9)10-3-6-16(14-8-10)7-4-12(17)18/h2-3,5-6,8H,4,7H2,1H3/p+1. The first kappa shape index (κ1) is 12.1. The second-order valence-corrected chi connectivity index (χ2v) is 3.81. The molecule has 92 valence electrons. The minimum atomic E-state index is -0.834. The lowest BCUT2D eigenvalue weighted by atomic mass is 10.2. The van der Waals surface area contributed by atoms with E-state index in [1.54, 1.807) is 23.3 Å². The first-order valence-electron chi connectivity index (χ1n) is 5.53. The molecule has 0 radical (unpaired) electrons. The Kier molecular flexibility index (Phi) is 3.57. The average Bonchev–Trinajstić information content (AvgIpc) is 2.37. The Labute approximate surface area is 104 Å². The fourth-order valence-electron chi connectivity index (χ4n) is 1.50. The molecule has 0 unspecified atom stereocenters. The van der Waals surface area contributed by atoms with Crippen molar-refractivity contribution in [2.75, 3.05) is 0 Å². The summed E-state index contributed by atoms with van der Waals surface area (Å²) in [6.07, 6.45) is 5.17. The van der Waals surface area contributed by atoms with Gasteiger partial charge in [0.25, 0.3) is 0 Å². The molecule has 0 aliphatic rings. The molecule has 0 atom stereocenters. The van der Waals surface area contributed by atoms with Gasteiger partial charge in [-0.2, -0.15) is 0 Å². The number of carbonyl (C=O) groups is 1. The van der Waals surface area contributed by atoms with Gasteiger partial charge in [0.2, 0.25) is 0 Å². The SMILES string of the molecule is Cc1nccc(-c2cc[n+](CCC(=O)O)nc2)n1. The molecule has 18 heavy (non-hydrogen) atoms. The van der Waals surface area contributed by atoms with Gasteiger partial charge in [0, 0.05) is 17.8 Å². The molecule has 0 aromatic carbocycles. The van der Waals surface area contributed by atoms with E-state index in [-0.39, 0.29) is 6.42 Å². The molecule has 1 N–H and O–H groups in total. The highest BCUT2D eigenvalue weighted by Crippen LogP contribution is 2.12. The molecular formula is C12H13N4O2+. The van der Waals surface area contributed by atoms with Gasteiger partial charge in [0.15, 0.2) is 12.7 Å². The Morgan fingerprint density at radius 3 is 2.89 bits per heavy atom. The van der Waals surface area contributed by atoms with Crippen molar-refractivity contribution in [3.63, 3.8) is 0 Å². The smallest absolute Gasteiger partial charge is 0.309 e. The van der Waals surface area contributed by atoms with Crippen LogP contribution in [0.5, 0.6) is 0 Å². The van der Waals surface area contributed by atoms with Crippen LogP contribution in [0.1, 0.15) is 12.2 Å². The number of nitrogens with zero attached hydrogens (tertiary/aromatic N) is 4. The van der Waals surface area contributed by atoms with Crippen LogP contribution in [0.4, 0.5) is 0 Å². The predicted octanol–water partition coefficient (Wildman–Crippen LogP) is 0.609. The molecule has 6 heteroatoms. The Bertz CT molecular complexity index is 554. The van der Waals surface area contributed by atoms with Crippen molar-refractivity contribution in [1.82, 2.24) is 15.1 Å². The Hall–Kier alpha value is -2.37. The van der Waals surface area contributed by atoms with E-state index in [4.69, 9.17) is 5.11 Å². The molecule has 2 aromatic heterocycles. The first-order valence-corrected chi connectivity index (χ1v) is 5.53. The summed E-state index contributed by atoms with van der Waals surface area (Å²) in [6, 6.07) is 3.67. The van der Waals surface area contributed by atoms with Crippen LogP contribution in [-0.4, -0.2) is 26.1 Å². The lowest BCUT2D eigenvalue weighted by Crippen LogP contribution is -2.38. The number of aromatic nitrogens is 4. The highest BCUT2D eigenvalue weighted by atomic mass is 16.4. The van der Waals surface area contributed by atoms with Crippen LogP contribution in [0.15, 0.2) is 30.7 Å². The summed E-state index contributed by atoms with van der Waals surface area (Å²) in [5, 5.41) is 12.7. The van der Waals surface area contributed by atoms with E-state index < -0.39 is 5.97 Å². The minimum absolute atomic E-state index is 0.0592. The van der Waals surface area contributed by atoms with Crippen molar-refractivity contribution in [2.24, 2.45) is 0 Å². The minimum Gasteiger partial charge on any atom is -0.481 e. The van der Waals surface area contributed by atoms with Crippen LogP contribution in [0, 0.1) is 6.92 Å². The Morgan fingerprint density at radius 2 is 2.28 bits per heavy atom. The fourth-order valence-corrected chi connectivity index (χ4v) is 1.50. The fraction of sp³-hybridized carbons (Fsp3) is 0.250. The summed E-state index contributed by atoms with van der Waals surface area (Å²) in [7, 11) is 0. The average molecular weight is 245 g/mol. The van der Waals surface area contributed by atoms with Crippen molar-refractivity contribution in [2.45, 2.75) is 19.9 Å². The lowest BCUT2D eigenvalue weighted by molar-refractivity contribution is -0.752. The molecule has 2 rings (SSSR count). The lowest BCUT2D eigenvalue weighted by Gasteiger charge is -1.99. The summed E-state index contributed by atoms with van der Waals surface area (Å²) < 4.78 is 1.59. The number of rotatable bonds is 4. The number of hydrogen-bond donors (Lipinski definition) is 1. The second kappa shape index (κ2) is 5.31. The van der Waals surface area contributed by atoms with Crippen LogP contribution in [0.3, 0.4) is 0 Å². The zero-order chi connectivity index (χ0) is 13.0. The maximum atomic E-state index is 10.4. The summed E-state index contributed by atoms with van der Waals surface area (Å²) in [5.41, 5.74) is 1.69. The van der Waals surface area contributed by atoms with Crippen molar-refractivity contribution >= 4 is 5.97 Å². The van der Waals surface area contributed by atoms with E-state index in [9.17, 15) is 4.79 Å². The molecule has 6 nitrogen and oxygen atoms in total. The van der Waals surface area contributed by atoms with Crippen LogP contribution in [0.25, 0.3) is 11.3 Å². The molecule has 0 amide bonds. The van der Waals surface area contributed by atoms with E-state index in [2.05, 4.69) is 15.1 Å². The van der Waals surface area contributed by atoms with Crippen LogP contribution in [0.2, 0.25) is 0 Å². The summed E-state index contributed by atoms with van der Waals surface area (Å²) in [6.45, 7) is 2.19. The largest absolute Gasteiger partial charge is 0.481 e. The number of aliphatic carboxylic acids is 1. The van der Waals surface area contributed by atoms with Crippen LogP contribution >= 0.6 is 0 Å². The van der Waals surface area contributed by atoms with Crippen LogP contribution in [-0.2, 0) is 11.3 Å². The highest BCUT2D eigenvalue weighted by Gasteiger charge is 2.08. The number of carboxylic acids is 1. The molecule has 0 aliphatic heterocycles. The van der Waals surface area contributed by atoms with Gasteiger partial charge in [-0.3, -0.25) is 4.79 Å². The molecule has 0 bridgehead atoms. The normalized spacial score (nSPS) is 10.3. The van der Waals surface area contributed by atoms with Gasteiger partial charge in [-0.1, -0.05) is 4.68 Å². The van der Waals surface area contributed by atoms with Crippen molar-refractivity contribution in [3.8, 4) is 11.3 Å². The topological polar surface area (TPSA) is 79.9 Å². The molecule has 0 saturated carbocycles. The maximum absolute atomic E-state index is 10.4. The molecule has 2 heterocycles. The highest BCUT2D eigenvalue weighted by molar-refractivity contribution is 5.66. The van der Waals surface area contributed by atoms with Gasteiger partial charge in [0.1, 0.15) is 18.4 Å². The monoisotopic (exact) mass is 245 g/mol. The molecule has 0 fully saturated rings. The van der Waals surface area contributed by atoms with Gasteiger partial charge in [0.05, 0.1) is 5.69 Å². The third kappa shape index (κ3) is 3.07. The zero-order valence-corrected chi connectivity index (χ0v) is 9.95. The quantitative estimate of drug-likeness (QED) is 0.798. The number of hydrogen-bond acceptors (Lipinski definition) is 4. The number of carboxylic acid groups (broad SMARTS) is 1. The first-order chi connectivity index (χ1) is 8.65. The van der Waals surface area contributed by atoms with E-state index >= 15 is 0 Å². The van der Waals surface area contributed by atoms with E-state index in [0.717, 1.165) is 11.3 Å². The van der Waals surface area contributed by atoms with Gasteiger partial charge in [-0.05, 0) is 18.1 Å². The van der Waals surface area contributed by atoms with Crippen molar-refractivity contribution < 1.29 is 14.6 Å². The van der Waals surface area contributed by atoms with Gasteiger partial charge < -0.3 is 5.11 Å². The Morgan fingerprint density at radius 1 is 1.44 bits per heavy atom. The molecule has 0 aliphatic carbocycles. The van der Waals surface area contributed by atoms with Crippen molar-refractivity contribution in [1.29, 1.82) is 0 Å².